The van der Waals surface area contributed by atoms with Gasteiger partial charge < -0.3 is 5.32 Å². The number of amides is 1. The number of para-hydroxylation sites is 1. The van der Waals surface area contributed by atoms with Crippen LogP contribution in [0.2, 0.25) is 0 Å². The number of rotatable bonds is 4. The van der Waals surface area contributed by atoms with Gasteiger partial charge in [-0.2, -0.15) is 0 Å². The number of pyridine rings is 1. The molecule has 136 valence electrons. The summed E-state index contributed by atoms with van der Waals surface area (Å²) in [5.74, 6) is 0.217. The lowest BCUT2D eigenvalue weighted by atomic mass is 10.1. The SMILES string of the molecule is Cc1cc(C)cc(NC(=O)CSc2nnc3cc(C)c4ccccc4n23)c1. The number of aromatic nitrogens is 3. The Hall–Kier alpha value is -2.86. The van der Waals surface area contributed by atoms with Gasteiger partial charge in [0.15, 0.2) is 10.8 Å². The van der Waals surface area contributed by atoms with Crippen LogP contribution in [0, 0.1) is 20.8 Å². The second kappa shape index (κ2) is 7.04. The molecular weight excluding hydrogens is 356 g/mol. The summed E-state index contributed by atoms with van der Waals surface area (Å²) in [7, 11) is 0. The molecule has 4 aromatic rings. The predicted octanol–water partition coefficient (Wildman–Crippen LogP) is 4.54. The van der Waals surface area contributed by atoms with Crippen molar-refractivity contribution in [1.82, 2.24) is 14.6 Å². The lowest BCUT2D eigenvalue weighted by Crippen LogP contribution is -2.14. The molecule has 1 amide bonds. The summed E-state index contributed by atoms with van der Waals surface area (Å²) in [5.41, 5.74) is 6.09. The van der Waals surface area contributed by atoms with Crippen molar-refractivity contribution in [2.75, 3.05) is 11.1 Å². The van der Waals surface area contributed by atoms with E-state index in [0.717, 1.165) is 44.1 Å². The molecule has 5 nitrogen and oxygen atoms in total. The number of carbonyl (C=O) groups is 1. The van der Waals surface area contributed by atoms with Crippen LogP contribution in [0.3, 0.4) is 0 Å². The predicted molar refractivity (Wildman–Crippen MR) is 110 cm³/mol. The van der Waals surface area contributed by atoms with E-state index in [1.165, 1.54) is 11.8 Å². The molecular formula is C21H20N4OS. The molecule has 6 heteroatoms. The van der Waals surface area contributed by atoms with Gasteiger partial charge in [0.05, 0.1) is 11.3 Å². The normalized spacial score (nSPS) is 11.2. The molecule has 0 saturated heterocycles. The molecule has 0 aliphatic rings. The third-order valence-corrected chi connectivity index (χ3v) is 5.34. The van der Waals surface area contributed by atoms with Gasteiger partial charge in [-0.1, -0.05) is 36.0 Å². The van der Waals surface area contributed by atoms with Crippen LogP contribution in [0.5, 0.6) is 0 Å². The Morgan fingerprint density at radius 2 is 1.78 bits per heavy atom. The first-order chi connectivity index (χ1) is 13.0. The topological polar surface area (TPSA) is 59.3 Å². The fourth-order valence-corrected chi connectivity index (χ4v) is 4.09. The molecule has 1 N–H and O–H groups in total. The van der Waals surface area contributed by atoms with Gasteiger partial charge in [-0.3, -0.25) is 9.20 Å². The number of hydrogen-bond acceptors (Lipinski definition) is 4. The van der Waals surface area contributed by atoms with Crippen LogP contribution in [-0.2, 0) is 4.79 Å². The van der Waals surface area contributed by atoms with Crippen LogP contribution in [0.4, 0.5) is 5.69 Å². The minimum Gasteiger partial charge on any atom is -0.325 e. The first-order valence-corrected chi connectivity index (χ1v) is 9.74. The van der Waals surface area contributed by atoms with E-state index in [1.54, 1.807) is 0 Å². The smallest absolute Gasteiger partial charge is 0.234 e. The molecule has 0 fully saturated rings. The number of nitrogens with one attached hydrogen (secondary N) is 1. The highest BCUT2D eigenvalue weighted by Crippen LogP contribution is 2.25. The van der Waals surface area contributed by atoms with Crippen LogP contribution < -0.4 is 5.32 Å². The summed E-state index contributed by atoms with van der Waals surface area (Å²) < 4.78 is 2.01. The maximum atomic E-state index is 12.4. The fourth-order valence-electron chi connectivity index (χ4n) is 3.34. The molecule has 27 heavy (non-hydrogen) atoms. The van der Waals surface area contributed by atoms with E-state index in [1.807, 2.05) is 48.6 Å². The third-order valence-electron chi connectivity index (χ3n) is 4.41. The fraction of sp³-hybridized carbons (Fsp3) is 0.190. The Labute approximate surface area is 161 Å². The van der Waals surface area contributed by atoms with E-state index < -0.39 is 0 Å². The second-order valence-electron chi connectivity index (χ2n) is 6.73. The van der Waals surface area contributed by atoms with Gasteiger partial charge in [0.2, 0.25) is 5.91 Å². The standard InChI is InChI=1S/C21H20N4OS/c1-13-8-14(2)10-16(9-13)22-20(26)12-27-21-24-23-19-11-15(3)17-6-4-5-7-18(17)25(19)21/h4-11H,12H2,1-3H3,(H,22,26). The van der Waals surface area contributed by atoms with Crippen LogP contribution in [0.15, 0.2) is 53.7 Å². The van der Waals surface area contributed by atoms with E-state index in [-0.39, 0.29) is 11.7 Å². The lowest BCUT2D eigenvalue weighted by molar-refractivity contribution is -0.113. The first kappa shape index (κ1) is 17.5. The highest BCUT2D eigenvalue weighted by Gasteiger charge is 2.13. The maximum absolute atomic E-state index is 12.4. The second-order valence-corrected chi connectivity index (χ2v) is 7.68. The van der Waals surface area contributed by atoms with Crippen molar-refractivity contribution in [1.29, 1.82) is 0 Å². The lowest BCUT2D eigenvalue weighted by Gasteiger charge is -2.08. The number of anilines is 1. The van der Waals surface area contributed by atoms with Crippen LogP contribution in [0.25, 0.3) is 16.6 Å². The molecule has 0 aliphatic carbocycles. The average Bonchev–Trinajstić information content (AvgIpc) is 3.02. The molecule has 0 unspecified atom stereocenters. The number of carbonyl (C=O) groups excluding carboxylic acids is 1. The van der Waals surface area contributed by atoms with Crippen molar-refractivity contribution in [3.8, 4) is 0 Å². The number of nitrogens with zero attached hydrogens (tertiary/aromatic N) is 3. The zero-order valence-corrected chi connectivity index (χ0v) is 16.3. The van der Waals surface area contributed by atoms with Crippen molar-refractivity contribution >= 4 is 39.9 Å². The minimum absolute atomic E-state index is 0.0573. The highest BCUT2D eigenvalue weighted by molar-refractivity contribution is 7.99. The Bertz CT molecular complexity index is 1150. The Balaban J connectivity index is 1.57. The van der Waals surface area contributed by atoms with E-state index in [9.17, 15) is 4.79 Å². The molecule has 4 rings (SSSR count). The molecule has 0 spiro atoms. The first-order valence-electron chi connectivity index (χ1n) is 8.76. The summed E-state index contributed by atoms with van der Waals surface area (Å²) in [6.45, 7) is 6.11. The van der Waals surface area contributed by atoms with Gasteiger partial charge >= 0.3 is 0 Å². The molecule has 0 radical (unpaired) electrons. The summed E-state index contributed by atoms with van der Waals surface area (Å²) in [4.78, 5) is 12.4. The Morgan fingerprint density at radius 1 is 1.04 bits per heavy atom. The van der Waals surface area contributed by atoms with E-state index in [4.69, 9.17) is 0 Å². The zero-order valence-electron chi connectivity index (χ0n) is 15.5. The summed E-state index contributed by atoms with van der Waals surface area (Å²) in [5, 5.41) is 13.4. The van der Waals surface area contributed by atoms with Crippen LogP contribution in [0.1, 0.15) is 16.7 Å². The Kier molecular flexibility index (Phi) is 4.58. The van der Waals surface area contributed by atoms with E-state index in [0.29, 0.717) is 0 Å². The van der Waals surface area contributed by atoms with Crippen LogP contribution >= 0.6 is 11.8 Å². The monoisotopic (exact) mass is 376 g/mol. The van der Waals surface area contributed by atoms with Gasteiger partial charge in [0, 0.05) is 11.1 Å². The molecule has 0 atom stereocenters. The molecule has 2 aromatic heterocycles. The quantitative estimate of drug-likeness (QED) is 0.531. The molecule has 0 aliphatic heterocycles. The molecule has 2 heterocycles. The molecule has 0 saturated carbocycles. The minimum atomic E-state index is -0.0573. The van der Waals surface area contributed by atoms with Crippen LogP contribution in [-0.4, -0.2) is 26.3 Å². The number of benzene rings is 2. The van der Waals surface area contributed by atoms with Crippen molar-refractivity contribution in [3.63, 3.8) is 0 Å². The summed E-state index contributed by atoms with van der Waals surface area (Å²) in [6, 6.07) is 16.2. The Morgan fingerprint density at radius 3 is 2.56 bits per heavy atom. The largest absolute Gasteiger partial charge is 0.325 e. The van der Waals surface area contributed by atoms with Gasteiger partial charge in [-0.05, 0) is 61.7 Å². The number of fused-ring (bicyclic) bond motifs is 3. The highest BCUT2D eigenvalue weighted by atomic mass is 32.2. The average molecular weight is 376 g/mol. The van der Waals surface area contributed by atoms with Crippen molar-refractivity contribution in [2.24, 2.45) is 0 Å². The number of thioether (sulfide) groups is 1. The summed E-state index contributed by atoms with van der Waals surface area (Å²) in [6.07, 6.45) is 0. The maximum Gasteiger partial charge on any atom is 0.234 e. The van der Waals surface area contributed by atoms with Crippen molar-refractivity contribution in [2.45, 2.75) is 25.9 Å². The summed E-state index contributed by atoms with van der Waals surface area (Å²) >= 11 is 1.39. The zero-order chi connectivity index (χ0) is 19.0. The third kappa shape index (κ3) is 3.53. The molecule has 0 bridgehead atoms. The van der Waals surface area contributed by atoms with Gasteiger partial charge in [0.1, 0.15) is 0 Å². The van der Waals surface area contributed by atoms with E-state index in [2.05, 4.69) is 40.6 Å². The number of aryl methyl sites for hydroxylation is 3. The van der Waals surface area contributed by atoms with Crippen molar-refractivity contribution < 1.29 is 4.79 Å². The molecule has 2 aromatic carbocycles. The van der Waals surface area contributed by atoms with E-state index >= 15 is 0 Å². The number of hydrogen-bond donors (Lipinski definition) is 1. The van der Waals surface area contributed by atoms with Gasteiger partial charge in [0.25, 0.3) is 0 Å². The van der Waals surface area contributed by atoms with Gasteiger partial charge in [-0.15, -0.1) is 10.2 Å². The van der Waals surface area contributed by atoms with Gasteiger partial charge in [-0.25, -0.2) is 0 Å². The van der Waals surface area contributed by atoms with Crippen molar-refractivity contribution in [3.05, 3.63) is 65.2 Å².